The van der Waals surface area contributed by atoms with Crippen molar-refractivity contribution in [3.8, 4) is 0 Å². The van der Waals surface area contributed by atoms with Crippen molar-refractivity contribution < 1.29 is 18.8 Å². The molecule has 3 rings (SSSR count). The fourth-order valence-corrected chi connectivity index (χ4v) is 3.65. The van der Waals surface area contributed by atoms with Crippen LogP contribution in [0.4, 0.5) is 4.79 Å². The number of rotatable bonds is 3. The number of quaternary nitrogens is 1. The van der Waals surface area contributed by atoms with Crippen molar-refractivity contribution >= 4 is 12.0 Å². The van der Waals surface area contributed by atoms with Crippen LogP contribution in [0.2, 0.25) is 0 Å². The fourth-order valence-electron chi connectivity index (χ4n) is 3.65. The van der Waals surface area contributed by atoms with Gasteiger partial charge in [0.05, 0.1) is 19.7 Å². The van der Waals surface area contributed by atoms with E-state index in [9.17, 15) is 9.59 Å². The molecule has 1 unspecified atom stereocenters. The van der Waals surface area contributed by atoms with Crippen molar-refractivity contribution in [2.24, 2.45) is 0 Å². The molecule has 0 saturated carbocycles. The first-order valence-corrected chi connectivity index (χ1v) is 9.67. The van der Waals surface area contributed by atoms with Crippen LogP contribution >= 0.6 is 0 Å². The maximum absolute atomic E-state index is 12.5. The largest absolute Gasteiger partial charge is 0.457 e. The number of allylic oxidation sites excluding steroid dienone is 4. The third-order valence-electron chi connectivity index (χ3n) is 5.18. The predicted octanol–water partition coefficient (Wildman–Crippen LogP) is 3.82. The molecule has 1 aromatic rings. The molecule has 1 saturated heterocycles. The highest BCUT2D eigenvalue weighted by molar-refractivity contribution is 5.92. The van der Waals surface area contributed by atoms with Gasteiger partial charge in [-0.1, -0.05) is 61.2 Å². The number of nitrogens with zero attached hydrogens (tertiary/aromatic N) is 1. The summed E-state index contributed by atoms with van der Waals surface area (Å²) >= 11 is 0. The zero-order valence-electron chi connectivity index (χ0n) is 16.9. The first kappa shape index (κ1) is 20.6. The fraction of sp³-hybridized carbons (Fsp3) is 0.250. The number of benzene rings is 1. The summed E-state index contributed by atoms with van der Waals surface area (Å²) < 4.78 is 5.59. The van der Waals surface area contributed by atoms with E-state index in [-0.39, 0.29) is 29.1 Å². The monoisotopic (exact) mass is 391 g/mol. The summed E-state index contributed by atoms with van der Waals surface area (Å²) in [5.74, 6) is -0.385. The molecule has 1 fully saturated rings. The zero-order chi connectivity index (χ0) is 20.9. The summed E-state index contributed by atoms with van der Waals surface area (Å²) in [7, 11) is 3.77. The Balaban J connectivity index is 1.82. The molecule has 5 nitrogen and oxygen atoms in total. The molecule has 5 heteroatoms. The second kappa shape index (κ2) is 8.88. The normalized spacial score (nSPS) is 25.9. The van der Waals surface area contributed by atoms with E-state index >= 15 is 0 Å². The molecule has 0 bridgehead atoms. The molecule has 150 valence electrons. The van der Waals surface area contributed by atoms with Gasteiger partial charge < -0.3 is 10.1 Å². The van der Waals surface area contributed by atoms with E-state index in [4.69, 9.17) is 4.74 Å². The second-order valence-electron chi connectivity index (χ2n) is 7.64. The van der Waals surface area contributed by atoms with Crippen molar-refractivity contribution in [1.29, 1.82) is 0 Å². The molecule has 1 heterocycles. The summed E-state index contributed by atoms with van der Waals surface area (Å²) in [5, 5.41) is 2.96. The van der Waals surface area contributed by atoms with Crippen LogP contribution in [0, 0.1) is 0 Å². The van der Waals surface area contributed by atoms with Crippen LogP contribution in [0.15, 0.2) is 90.1 Å². The molecule has 1 N–H and O–H groups in total. The van der Waals surface area contributed by atoms with E-state index in [1.54, 1.807) is 18.2 Å². The van der Waals surface area contributed by atoms with Gasteiger partial charge in [-0.3, -0.25) is 0 Å². The van der Waals surface area contributed by atoms with Crippen molar-refractivity contribution in [3.05, 3.63) is 95.6 Å². The van der Waals surface area contributed by atoms with E-state index in [0.717, 1.165) is 23.1 Å². The molecule has 1 aliphatic carbocycles. The number of carbonyl (C=O) groups is 2. The maximum atomic E-state index is 12.5. The van der Waals surface area contributed by atoms with Crippen molar-refractivity contribution in [2.75, 3.05) is 20.6 Å². The highest BCUT2D eigenvalue weighted by Gasteiger charge is 2.41. The van der Waals surface area contributed by atoms with Crippen LogP contribution < -0.4 is 5.32 Å². The average molecular weight is 391 g/mol. The van der Waals surface area contributed by atoms with Gasteiger partial charge in [0.1, 0.15) is 12.6 Å². The Morgan fingerprint density at radius 1 is 1.17 bits per heavy atom. The highest BCUT2D eigenvalue weighted by atomic mass is 16.5. The van der Waals surface area contributed by atoms with Crippen LogP contribution in [0.5, 0.6) is 0 Å². The van der Waals surface area contributed by atoms with Crippen LogP contribution in [0.25, 0.3) is 0 Å². The summed E-state index contributed by atoms with van der Waals surface area (Å²) in [6.45, 7) is 5.00. The number of amides is 2. The summed E-state index contributed by atoms with van der Waals surface area (Å²) in [6.07, 6.45) is 11.7. The average Bonchev–Trinajstić information content (AvgIpc) is 2.81. The minimum absolute atomic E-state index is 0.0327. The molecule has 0 radical (unpaired) electrons. The maximum Gasteiger partial charge on any atom is 0.416 e. The Bertz CT molecular complexity index is 921. The zero-order valence-corrected chi connectivity index (χ0v) is 16.9. The lowest BCUT2D eigenvalue weighted by Crippen LogP contribution is -2.56. The van der Waals surface area contributed by atoms with E-state index in [2.05, 4.69) is 11.9 Å². The molecule has 2 aliphatic rings. The van der Waals surface area contributed by atoms with Gasteiger partial charge in [0, 0.05) is 12.1 Å². The predicted molar refractivity (Wildman–Crippen MR) is 114 cm³/mol. The first-order valence-electron chi connectivity index (χ1n) is 9.67. The number of carbonyl (C=O) groups excluding carboxylic acids is 2. The number of urea groups is 1. The summed E-state index contributed by atoms with van der Waals surface area (Å²) in [4.78, 5) is 25.0. The number of fused-ring (bicyclic) bond motifs is 1. The lowest BCUT2D eigenvalue weighted by Gasteiger charge is -2.34. The van der Waals surface area contributed by atoms with Crippen molar-refractivity contribution in [3.63, 3.8) is 0 Å². The van der Waals surface area contributed by atoms with Gasteiger partial charge >= 0.3 is 12.0 Å². The molecule has 1 aromatic carbocycles. The molecule has 0 spiro atoms. The lowest BCUT2D eigenvalue weighted by molar-refractivity contribution is -0.823. The van der Waals surface area contributed by atoms with Gasteiger partial charge in [0.15, 0.2) is 0 Å². The summed E-state index contributed by atoms with van der Waals surface area (Å²) in [6, 6.07) is 9.39. The SMILES string of the molecule is C=C1C=C\C=C(C(=O)OCc2ccccc2)/C=C\C=C2\CCNC(=O)[N+](C)(C)C12. The van der Waals surface area contributed by atoms with E-state index < -0.39 is 0 Å². The van der Waals surface area contributed by atoms with Gasteiger partial charge in [-0.15, -0.1) is 0 Å². The standard InChI is InChI=1S/C24H26N2O3/c1-18-9-7-13-21(23(27)29-17-19-10-5-4-6-11-19)14-8-12-20-15-16-25-24(28)26(2,3)22(18)20/h4-14,22H,1,15-17H2,2-3H3/p+1/b9-7?,14-8-,20-12-,21-13+. The number of hydrogen-bond acceptors (Lipinski definition) is 3. The van der Waals surface area contributed by atoms with Gasteiger partial charge in [0.2, 0.25) is 0 Å². The molecular formula is C24H27N2O3+. The number of nitrogens with one attached hydrogen (secondary N) is 1. The minimum Gasteiger partial charge on any atom is -0.457 e. The van der Waals surface area contributed by atoms with Crippen molar-refractivity contribution in [2.45, 2.75) is 19.1 Å². The topological polar surface area (TPSA) is 55.4 Å². The van der Waals surface area contributed by atoms with Gasteiger partial charge in [-0.2, -0.15) is 0 Å². The van der Waals surface area contributed by atoms with E-state index in [0.29, 0.717) is 12.1 Å². The first-order chi connectivity index (χ1) is 13.9. The molecule has 1 aliphatic heterocycles. The van der Waals surface area contributed by atoms with Gasteiger partial charge in [-0.25, -0.2) is 14.1 Å². The number of likely N-dealkylation sites (N-methyl/N-ethyl adjacent to an activating group) is 1. The van der Waals surface area contributed by atoms with Crippen molar-refractivity contribution in [1.82, 2.24) is 5.32 Å². The molecule has 2 amide bonds. The lowest BCUT2D eigenvalue weighted by atomic mass is 9.93. The molecular weight excluding hydrogens is 364 g/mol. The van der Waals surface area contributed by atoms with Gasteiger partial charge in [-0.05, 0) is 29.7 Å². The number of hydrogen-bond donors (Lipinski definition) is 1. The van der Waals surface area contributed by atoms with Gasteiger partial charge in [0.25, 0.3) is 0 Å². The highest BCUT2D eigenvalue weighted by Crippen LogP contribution is 2.28. The third kappa shape index (κ3) is 4.81. The van der Waals surface area contributed by atoms with Crippen LogP contribution in [0.1, 0.15) is 12.0 Å². The molecule has 0 aromatic heterocycles. The Hall–Kier alpha value is -3.18. The second-order valence-corrected chi connectivity index (χ2v) is 7.64. The minimum atomic E-state index is -0.385. The van der Waals surface area contributed by atoms with Crippen LogP contribution in [0.3, 0.4) is 0 Å². The number of ether oxygens (including phenoxy) is 1. The molecule has 29 heavy (non-hydrogen) atoms. The Morgan fingerprint density at radius 2 is 1.90 bits per heavy atom. The number of esters is 1. The smallest absolute Gasteiger partial charge is 0.416 e. The third-order valence-corrected chi connectivity index (χ3v) is 5.18. The van der Waals surface area contributed by atoms with E-state index in [1.807, 2.05) is 62.7 Å². The summed E-state index contributed by atoms with van der Waals surface area (Å²) in [5.41, 5.74) is 3.31. The van der Waals surface area contributed by atoms with Crippen LogP contribution in [-0.4, -0.2) is 43.2 Å². The Kier molecular flexibility index (Phi) is 6.29. The van der Waals surface area contributed by atoms with E-state index in [1.165, 1.54) is 0 Å². The molecule has 1 atom stereocenters. The quantitative estimate of drug-likeness (QED) is 0.629. The van der Waals surface area contributed by atoms with Crippen LogP contribution in [-0.2, 0) is 16.1 Å². The Labute approximate surface area is 171 Å². The Morgan fingerprint density at radius 3 is 2.66 bits per heavy atom.